The second kappa shape index (κ2) is 4.96. The number of rotatable bonds is 2. The molecule has 0 aliphatic rings. The molecule has 2 rings (SSSR count). The van der Waals surface area contributed by atoms with Crippen LogP contribution >= 0.6 is 39.3 Å². The average molecular weight is 302 g/mol. The predicted octanol–water partition coefficient (Wildman–Crippen LogP) is 4.04. The van der Waals surface area contributed by atoms with Crippen molar-refractivity contribution in [3.8, 4) is 0 Å². The van der Waals surface area contributed by atoms with E-state index in [1.54, 1.807) is 18.0 Å². The van der Waals surface area contributed by atoms with Crippen LogP contribution in [0.3, 0.4) is 0 Å². The summed E-state index contributed by atoms with van der Waals surface area (Å²) < 4.78 is 1.05. The summed E-state index contributed by atoms with van der Waals surface area (Å²) >= 11 is 10.7. The molecular formula is C10H6BrClN2S. The van der Waals surface area contributed by atoms with Crippen LogP contribution in [0.1, 0.15) is 0 Å². The van der Waals surface area contributed by atoms with Gasteiger partial charge in [0.05, 0.1) is 0 Å². The minimum atomic E-state index is 0.270. The van der Waals surface area contributed by atoms with Crippen LogP contribution in [0.5, 0.6) is 0 Å². The molecule has 0 unspecified atom stereocenters. The van der Waals surface area contributed by atoms with E-state index in [2.05, 4.69) is 25.9 Å². The molecule has 1 aromatic carbocycles. The molecule has 0 N–H and O–H groups in total. The van der Waals surface area contributed by atoms with Crippen LogP contribution in [-0.2, 0) is 0 Å². The highest BCUT2D eigenvalue weighted by molar-refractivity contribution is 9.10. The topological polar surface area (TPSA) is 25.8 Å². The third-order valence-electron chi connectivity index (χ3n) is 1.65. The molecule has 76 valence electrons. The number of aromatic nitrogens is 2. The van der Waals surface area contributed by atoms with Gasteiger partial charge in [-0.1, -0.05) is 23.9 Å². The molecule has 2 aromatic rings. The average Bonchev–Trinajstić information content (AvgIpc) is 2.22. The van der Waals surface area contributed by atoms with Crippen molar-refractivity contribution in [2.24, 2.45) is 0 Å². The van der Waals surface area contributed by atoms with Crippen molar-refractivity contribution in [1.29, 1.82) is 0 Å². The molecule has 2 nitrogen and oxygen atoms in total. The van der Waals surface area contributed by atoms with Gasteiger partial charge in [0.15, 0.2) is 0 Å². The molecule has 0 aliphatic carbocycles. The van der Waals surface area contributed by atoms with Crippen molar-refractivity contribution in [2.45, 2.75) is 9.92 Å². The van der Waals surface area contributed by atoms with Crippen molar-refractivity contribution < 1.29 is 0 Å². The molecule has 0 radical (unpaired) electrons. The Labute approximate surface area is 105 Å². The molecule has 0 bridgehead atoms. The highest BCUT2D eigenvalue weighted by Crippen LogP contribution is 2.32. The van der Waals surface area contributed by atoms with E-state index in [4.69, 9.17) is 11.6 Å². The molecule has 0 aliphatic heterocycles. The monoisotopic (exact) mass is 300 g/mol. The first-order chi connectivity index (χ1) is 7.25. The molecule has 0 atom stereocenters. The van der Waals surface area contributed by atoms with Crippen molar-refractivity contribution in [1.82, 2.24) is 9.97 Å². The van der Waals surface area contributed by atoms with E-state index >= 15 is 0 Å². The van der Waals surface area contributed by atoms with E-state index in [1.165, 1.54) is 0 Å². The summed E-state index contributed by atoms with van der Waals surface area (Å²) in [7, 11) is 0. The fourth-order valence-corrected chi connectivity index (χ4v) is 2.54. The maximum absolute atomic E-state index is 5.70. The number of halogens is 2. The van der Waals surface area contributed by atoms with E-state index < -0.39 is 0 Å². The van der Waals surface area contributed by atoms with Crippen LogP contribution in [0.4, 0.5) is 0 Å². The van der Waals surface area contributed by atoms with Gasteiger partial charge in [0, 0.05) is 15.6 Å². The highest BCUT2D eigenvalue weighted by Gasteiger charge is 2.03. The van der Waals surface area contributed by atoms with Gasteiger partial charge in [0.25, 0.3) is 0 Å². The highest BCUT2D eigenvalue weighted by atomic mass is 79.9. The lowest BCUT2D eigenvalue weighted by Gasteiger charge is -2.02. The zero-order valence-electron chi connectivity index (χ0n) is 7.52. The lowest BCUT2D eigenvalue weighted by molar-refractivity contribution is 1.05. The SMILES string of the molecule is Clc1nccc(Sc2ccccc2Br)n1. The Balaban J connectivity index is 2.26. The number of nitrogens with zero attached hydrogens (tertiary/aromatic N) is 2. The van der Waals surface area contributed by atoms with Crippen LogP contribution in [0.15, 0.2) is 50.9 Å². The molecule has 0 fully saturated rings. The number of hydrogen-bond acceptors (Lipinski definition) is 3. The van der Waals surface area contributed by atoms with E-state index in [0.29, 0.717) is 0 Å². The van der Waals surface area contributed by atoms with Crippen molar-refractivity contribution >= 4 is 39.3 Å². The molecule has 0 amide bonds. The lowest BCUT2D eigenvalue weighted by atomic mass is 10.4. The quantitative estimate of drug-likeness (QED) is 0.618. The van der Waals surface area contributed by atoms with Crippen molar-refractivity contribution in [2.75, 3.05) is 0 Å². The molecule has 0 saturated heterocycles. The van der Waals surface area contributed by atoms with Crippen LogP contribution in [0, 0.1) is 0 Å². The van der Waals surface area contributed by atoms with Gasteiger partial charge in [-0.15, -0.1) is 0 Å². The lowest BCUT2D eigenvalue weighted by Crippen LogP contribution is -1.84. The van der Waals surface area contributed by atoms with Gasteiger partial charge in [-0.3, -0.25) is 0 Å². The van der Waals surface area contributed by atoms with E-state index in [-0.39, 0.29) is 5.28 Å². The summed E-state index contributed by atoms with van der Waals surface area (Å²) in [6.45, 7) is 0. The minimum Gasteiger partial charge on any atom is -0.226 e. The molecule has 0 saturated carbocycles. The maximum atomic E-state index is 5.70. The first kappa shape index (κ1) is 10.9. The Morgan fingerprint density at radius 1 is 1.20 bits per heavy atom. The third kappa shape index (κ3) is 2.93. The van der Waals surface area contributed by atoms with Crippen LogP contribution in [-0.4, -0.2) is 9.97 Å². The first-order valence-corrected chi connectivity index (χ1v) is 6.15. The normalized spacial score (nSPS) is 10.3. The zero-order chi connectivity index (χ0) is 10.7. The Hall–Kier alpha value is -0.580. The fourth-order valence-electron chi connectivity index (χ4n) is 1.02. The number of hydrogen-bond donors (Lipinski definition) is 0. The second-order valence-corrected chi connectivity index (χ2v) is 4.95. The minimum absolute atomic E-state index is 0.270. The van der Waals surface area contributed by atoms with Gasteiger partial charge >= 0.3 is 0 Å². The molecule has 1 aromatic heterocycles. The first-order valence-electron chi connectivity index (χ1n) is 4.16. The maximum Gasteiger partial charge on any atom is 0.223 e. The Kier molecular flexibility index (Phi) is 3.61. The molecule has 1 heterocycles. The predicted molar refractivity (Wildman–Crippen MR) is 65.3 cm³/mol. The number of benzene rings is 1. The fraction of sp³-hybridized carbons (Fsp3) is 0. The Morgan fingerprint density at radius 3 is 2.73 bits per heavy atom. The third-order valence-corrected chi connectivity index (χ3v) is 3.80. The zero-order valence-corrected chi connectivity index (χ0v) is 10.7. The van der Waals surface area contributed by atoms with Gasteiger partial charge in [-0.05, 0) is 45.7 Å². The van der Waals surface area contributed by atoms with Crippen LogP contribution < -0.4 is 0 Å². The van der Waals surface area contributed by atoms with Crippen molar-refractivity contribution in [3.63, 3.8) is 0 Å². The van der Waals surface area contributed by atoms with Crippen LogP contribution in [0.2, 0.25) is 5.28 Å². The Morgan fingerprint density at radius 2 is 2.00 bits per heavy atom. The summed E-state index contributed by atoms with van der Waals surface area (Å²) in [6, 6.07) is 9.79. The van der Waals surface area contributed by atoms with Gasteiger partial charge in [-0.2, -0.15) is 0 Å². The van der Waals surface area contributed by atoms with Gasteiger partial charge in [0.1, 0.15) is 5.03 Å². The molecule has 0 spiro atoms. The van der Waals surface area contributed by atoms with Crippen LogP contribution in [0.25, 0.3) is 0 Å². The second-order valence-electron chi connectivity index (χ2n) is 2.70. The van der Waals surface area contributed by atoms with Gasteiger partial charge in [0.2, 0.25) is 5.28 Å². The molecule has 5 heteroatoms. The molecular weight excluding hydrogens is 296 g/mol. The standard InChI is InChI=1S/C10H6BrClN2S/c11-7-3-1-2-4-8(7)15-9-5-6-13-10(12)14-9/h1-6H. The van der Waals surface area contributed by atoms with Crippen molar-refractivity contribution in [3.05, 3.63) is 46.3 Å². The summed E-state index contributed by atoms with van der Waals surface area (Å²) in [5.74, 6) is 0. The van der Waals surface area contributed by atoms with E-state index in [0.717, 1.165) is 14.4 Å². The van der Waals surface area contributed by atoms with E-state index in [1.807, 2.05) is 30.3 Å². The molecule has 15 heavy (non-hydrogen) atoms. The summed E-state index contributed by atoms with van der Waals surface area (Å²) in [5, 5.41) is 1.11. The Bertz CT molecular complexity index is 478. The summed E-state index contributed by atoms with van der Waals surface area (Å²) in [5.41, 5.74) is 0. The summed E-state index contributed by atoms with van der Waals surface area (Å²) in [4.78, 5) is 9.04. The van der Waals surface area contributed by atoms with Gasteiger partial charge in [-0.25, -0.2) is 9.97 Å². The van der Waals surface area contributed by atoms with Gasteiger partial charge < -0.3 is 0 Å². The smallest absolute Gasteiger partial charge is 0.223 e. The largest absolute Gasteiger partial charge is 0.226 e. The summed E-state index contributed by atoms with van der Waals surface area (Å²) in [6.07, 6.45) is 1.65. The van der Waals surface area contributed by atoms with E-state index in [9.17, 15) is 0 Å².